The average molecular weight is 407 g/mol. The van der Waals surface area contributed by atoms with Crippen LogP contribution in [0.2, 0.25) is 0 Å². The number of alkyl halides is 2. The van der Waals surface area contributed by atoms with Gasteiger partial charge in [-0.15, -0.1) is 0 Å². The molecule has 6 nitrogen and oxygen atoms in total. The SMILES string of the molecule is N#CC(C#N)C(=NCCCN1CCC(F)(F)C1)N1CCC(N2CCCCC2)CC1. The number of hydrogen-bond donors (Lipinski definition) is 0. The first-order valence-corrected chi connectivity index (χ1v) is 11.0. The van der Waals surface area contributed by atoms with E-state index < -0.39 is 11.8 Å². The van der Waals surface area contributed by atoms with Crippen LogP contribution in [-0.4, -0.2) is 84.9 Å². The number of amidine groups is 1. The van der Waals surface area contributed by atoms with E-state index in [1.165, 1.54) is 32.4 Å². The molecule has 3 aliphatic rings. The van der Waals surface area contributed by atoms with E-state index in [1.807, 2.05) is 0 Å². The zero-order valence-corrected chi connectivity index (χ0v) is 17.2. The van der Waals surface area contributed by atoms with Crippen LogP contribution in [0.4, 0.5) is 8.78 Å². The number of rotatable bonds is 6. The second-order valence-corrected chi connectivity index (χ2v) is 8.48. The molecule has 0 radical (unpaired) electrons. The molecule has 3 aliphatic heterocycles. The lowest BCUT2D eigenvalue weighted by Crippen LogP contribution is -2.49. The number of likely N-dealkylation sites (tertiary alicyclic amines) is 3. The molecule has 3 heterocycles. The van der Waals surface area contributed by atoms with Crippen LogP contribution in [-0.2, 0) is 0 Å². The Bertz CT molecular complexity index is 625. The quantitative estimate of drug-likeness (QED) is 0.385. The van der Waals surface area contributed by atoms with Crippen molar-refractivity contribution in [3.05, 3.63) is 0 Å². The van der Waals surface area contributed by atoms with E-state index in [9.17, 15) is 19.3 Å². The molecule has 0 amide bonds. The van der Waals surface area contributed by atoms with Crippen LogP contribution >= 0.6 is 0 Å². The summed E-state index contributed by atoms with van der Waals surface area (Å²) >= 11 is 0. The summed E-state index contributed by atoms with van der Waals surface area (Å²) in [5.74, 6) is -2.86. The number of aliphatic imine (C=N–C) groups is 1. The van der Waals surface area contributed by atoms with Gasteiger partial charge >= 0.3 is 0 Å². The Kier molecular flexibility index (Phi) is 7.80. The first-order chi connectivity index (χ1) is 14.0. The molecule has 0 atom stereocenters. The first kappa shape index (κ1) is 21.9. The molecule has 0 aliphatic carbocycles. The molecule has 0 N–H and O–H groups in total. The van der Waals surface area contributed by atoms with Crippen molar-refractivity contribution >= 4 is 5.84 Å². The Labute approximate surface area is 172 Å². The summed E-state index contributed by atoms with van der Waals surface area (Å²) in [6, 6.07) is 4.72. The molecule has 3 fully saturated rings. The summed E-state index contributed by atoms with van der Waals surface area (Å²) in [6.07, 6.45) is 6.54. The third-order valence-electron chi connectivity index (χ3n) is 6.37. The zero-order valence-electron chi connectivity index (χ0n) is 17.2. The molecule has 3 saturated heterocycles. The lowest BCUT2D eigenvalue weighted by atomic mass is 9.98. The molecule has 8 heteroatoms. The second kappa shape index (κ2) is 10.3. The van der Waals surface area contributed by atoms with E-state index >= 15 is 0 Å². The van der Waals surface area contributed by atoms with Gasteiger partial charge in [-0.2, -0.15) is 10.5 Å². The Balaban J connectivity index is 1.51. The van der Waals surface area contributed by atoms with Gasteiger partial charge in [0.1, 0.15) is 5.84 Å². The highest BCUT2D eigenvalue weighted by Crippen LogP contribution is 2.26. The summed E-state index contributed by atoms with van der Waals surface area (Å²) in [5, 5.41) is 18.8. The van der Waals surface area contributed by atoms with Crippen molar-refractivity contribution in [1.29, 1.82) is 10.5 Å². The molecule has 160 valence electrons. The van der Waals surface area contributed by atoms with Crippen molar-refractivity contribution in [3.8, 4) is 12.1 Å². The second-order valence-electron chi connectivity index (χ2n) is 8.48. The third kappa shape index (κ3) is 6.10. The summed E-state index contributed by atoms with van der Waals surface area (Å²) in [7, 11) is 0. The average Bonchev–Trinajstić information content (AvgIpc) is 3.10. The van der Waals surface area contributed by atoms with Crippen LogP contribution in [0.3, 0.4) is 0 Å². The van der Waals surface area contributed by atoms with E-state index in [2.05, 4.69) is 26.9 Å². The van der Waals surface area contributed by atoms with Crippen molar-refractivity contribution in [2.24, 2.45) is 10.9 Å². The van der Waals surface area contributed by atoms with Crippen LogP contribution in [0.5, 0.6) is 0 Å². The highest BCUT2D eigenvalue weighted by molar-refractivity contribution is 5.89. The van der Waals surface area contributed by atoms with Gasteiger partial charge in [0.2, 0.25) is 0 Å². The van der Waals surface area contributed by atoms with E-state index in [4.69, 9.17) is 0 Å². The monoisotopic (exact) mass is 406 g/mol. The minimum absolute atomic E-state index is 0.0710. The van der Waals surface area contributed by atoms with Gasteiger partial charge < -0.3 is 9.80 Å². The Morgan fingerprint density at radius 1 is 1.03 bits per heavy atom. The molecular weight excluding hydrogens is 374 g/mol. The Morgan fingerprint density at radius 2 is 1.72 bits per heavy atom. The number of nitrogens with zero attached hydrogens (tertiary/aromatic N) is 6. The van der Waals surface area contributed by atoms with Gasteiger partial charge in [0.05, 0.1) is 18.7 Å². The van der Waals surface area contributed by atoms with E-state index in [-0.39, 0.29) is 13.0 Å². The van der Waals surface area contributed by atoms with Crippen LogP contribution < -0.4 is 0 Å². The van der Waals surface area contributed by atoms with Crippen LogP contribution in [0.1, 0.15) is 44.9 Å². The predicted octanol–water partition coefficient (Wildman–Crippen LogP) is 2.73. The molecule has 0 unspecified atom stereocenters. The minimum Gasteiger partial charge on any atom is -0.358 e. The van der Waals surface area contributed by atoms with Crippen LogP contribution in [0, 0.1) is 28.6 Å². The number of nitriles is 2. The van der Waals surface area contributed by atoms with E-state index in [0.29, 0.717) is 37.9 Å². The molecule has 0 aromatic rings. The number of piperidine rings is 2. The van der Waals surface area contributed by atoms with Gasteiger partial charge in [0.25, 0.3) is 5.92 Å². The molecule has 29 heavy (non-hydrogen) atoms. The normalized spacial score (nSPS) is 24.6. The maximum atomic E-state index is 13.3. The predicted molar refractivity (Wildman–Crippen MR) is 108 cm³/mol. The highest BCUT2D eigenvalue weighted by atomic mass is 19.3. The van der Waals surface area contributed by atoms with Gasteiger partial charge in [0.15, 0.2) is 5.92 Å². The first-order valence-electron chi connectivity index (χ1n) is 11.0. The van der Waals surface area contributed by atoms with Gasteiger partial charge in [-0.25, -0.2) is 8.78 Å². The maximum Gasteiger partial charge on any atom is 0.261 e. The van der Waals surface area contributed by atoms with Crippen molar-refractivity contribution in [3.63, 3.8) is 0 Å². The molecule has 0 aromatic carbocycles. The fraction of sp³-hybridized carbons (Fsp3) is 0.857. The molecule has 0 spiro atoms. The van der Waals surface area contributed by atoms with Crippen molar-refractivity contribution in [1.82, 2.24) is 14.7 Å². The van der Waals surface area contributed by atoms with Crippen LogP contribution in [0.15, 0.2) is 4.99 Å². The van der Waals surface area contributed by atoms with Crippen molar-refractivity contribution < 1.29 is 8.78 Å². The van der Waals surface area contributed by atoms with Gasteiger partial charge in [-0.1, -0.05) is 6.42 Å². The smallest absolute Gasteiger partial charge is 0.261 e. The molecular formula is C21H32F2N6. The summed E-state index contributed by atoms with van der Waals surface area (Å²) < 4.78 is 26.6. The Hall–Kier alpha value is -1.77. The Morgan fingerprint density at radius 3 is 2.31 bits per heavy atom. The van der Waals surface area contributed by atoms with Crippen LogP contribution in [0.25, 0.3) is 0 Å². The molecule has 0 aromatic heterocycles. The van der Waals surface area contributed by atoms with Gasteiger partial charge in [-0.3, -0.25) is 9.89 Å². The third-order valence-corrected chi connectivity index (χ3v) is 6.37. The zero-order chi connectivity index (χ0) is 20.7. The molecule has 0 saturated carbocycles. The summed E-state index contributed by atoms with van der Waals surface area (Å²) in [6.45, 7) is 5.28. The van der Waals surface area contributed by atoms with Gasteiger partial charge in [-0.05, 0) is 45.2 Å². The lowest BCUT2D eigenvalue weighted by molar-refractivity contribution is 0.0122. The van der Waals surface area contributed by atoms with E-state index in [1.54, 1.807) is 4.90 Å². The lowest BCUT2D eigenvalue weighted by Gasteiger charge is -2.41. The number of halogens is 2. The maximum absolute atomic E-state index is 13.3. The number of hydrogen-bond acceptors (Lipinski definition) is 5. The fourth-order valence-corrected chi connectivity index (χ4v) is 4.75. The standard InChI is InChI=1S/C21H32F2N6/c22-21(23)7-14-27(17-21)9-4-8-26-20(18(15-24)16-25)29-12-5-19(6-13-29)28-10-2-1-3-11-28/h18-19H,1-14,17H2. The van der Waals surface area contributed by atoms with Gasteiger partial charge in [0, 0.05) is 45.2 Å². The minimum atomic E-state index is -2.57. The van der Waals surface area contributed by atoms with E-state index in [0.717, 1.165) is 25.9 Å². The summed E-state index contributed by atoms with van der Waals surface area (Å²) in [5.41, 5.74) is 0. The highest BCUT2D eigenvalue weighted by Gasteiger charge is 2.37. The van der Waals surface area contributed by atoms with Crippen molar-refractivity contribution in [2.75, 3.05) is 52.4 Å². The topological polar surface area (TPSA) is 69.7 Å². The summed E-state index contributed by atoms with van der Waals surface area (Å²) in [4.78, 5) is 11.1. The van der Waals surface area contributed by atoms with Crippen molar-refractivity contribution in [2.45, 2.75) is 56.9 Å². The molecule has 0 bridgehead atoms. The largest absolute Gasteiger partial charge is 0.358 e. The fourth-order valence-electron chi connectivity index (χ4n) is 4.75. The molecule has 3 rings (SSSR count).